The number of esters is 1. The molecule has 2 aromatic rings. The monoisotopic (exact) mass is 331 g/mol. The van der Waals surface area contributed by atoms with E-state index in [1.54, 1.807) is 24.3 Å². The van der Waals surface area contributed by atoms with Crippen LogP contribution in [0.1, 0.15) is 35.7 Å². The molecule has 1 amide bonds. The maximum atomic E-state index is 12.0. The van der Waals surface area contributed by atoms with Gasteiger partial charge in [0.05, 0.1) is 10.6 Å². The molecule has 5 heteroatoms. The molecule has 4 nitrogen and oxygen atoms in total. The second-order valence-corrected chi connectivity index (χ2v) is 5.75. The van der Waals surface area contributed by atoms with Crippen molar-refractivity contribution in [3.05, 3.63) is 64.7 Å². The molecule has 0 fully saturated rings. The molecule has 0 radical (unpaired) electrons. The minimum Gasteiger partial charge on any atom is -0.452 e. The molecular weight excluding hydrogens is 314 g/mol. The van der Waals surface area contributed by atoms with Crippen molar-refractivity contribution in [2.24, 2.45) is 0 Å². The second kappa shape index (κ2) is 7.79. The van der Waals surface area contributed by atoms with Crippen molar-refractivity contribution in [1.29, 1.82) is 0 Å². The third kappa shape index (κ3) is 4.57. The van der Waals surface area contributed by atoms with Gasteiger partial charge in [-0.05, 0) is 29.7 Å². The first-order chi connectivity index (χ1) is 11.0. The number of carbonyl (C=O) groups is 2. The predicted octanol–water partition coefficient (Wildman–Crippen LogP) is 4.26. The lowest BCUT2D eigenvalue weighted by Crippen LogP contribution is -2.21. The van der Waals surface area contributed by atoms with E-state index in [9.17, 15) is 9.59 Å². The predicted molar refractivity (Wildman–Crippen MR) is 90.9 cm³/mol. The third-order valence-electron chi connectivity index (χ3n) is 3.29. The van der Waals surface area contributed by atoms with Crippen LogP contribution in [0.3, 0.4) is 0 Å². The summed E-state index contributed by atoms with van der Waals surface area (Å²) >= 11 is 5.92. The first-order valence-corrected chi connectivity index (χ1v) is 7.67. The summed E-state index contributed by atoms with van der Waals surface area (Å²) in [5.41, 5.74) is 1.99. The highest BCUT2D eigenvalue weighted by Crippen LogP contribution is 2.23. The van der Waals surface area contributed by atoms with Gasteiger partial charge in [0.15, 0.2) is 6.61 Å². The number of ether oxygens (including phenoxy) is 1. The largest absolute Gasteiger partial charge is 0.452 e. The highest BCUT2D eigenvalue weighted by Gasteiger charge is 2.14. The van der Waals surface area contributed by atoms with Gasteiger partial charge in [0, 0.05) is 5.69 Å². The van der Waals surface area contributed by atoms with E-state index in [1.165, 1.54) is 0 Å². The van der Waals surface area contributed by atoms with Crippen molar-refractivity contribution >= 4 is 29.2 Å². The van der Waals surface area contributed by atoms with E-state index >= 15 is 0 Å². The van der Waals surface area contributed by atoms with Crippen molar-refractivity contribution in [2.45, 2.75) is 19.8 Å². The molecule has 0 spiro atoms. The van der Waals surface area contributed by atoms with Gasteiger partial charge in [-0.15, -0.1) is 0 Å². The Morgan fingerprint density at radius 1 is 1.09 bits per heavy atom. The lowest BCUT2D eigenvalue weighted by molar-refractivity contribution is -0.119. The van der Waals surface area contributed by atoms with Crippen molar-refractivity contribution in [3.8, 4) is 0 Å². The summed E-state index contributed by atoms with van der Waals surface area (Å²) in [5, 5.41) is 3.06. The normalized spacial score (nSPS) is 10.4. The van der Waals surface area contributed by atoms with E-state index in [-0.39, 0.29) is 18.1 Å². The van der Waals surface area contributed by atoms with E-state index in [0.717, 1.165) is 11.3 Å². The fraction of sp³-hybridized carbons (Fsp3) is 0.222. The SMILES string of the molecule is CC(C)c1ccccc1NC(=O)COC(=O)c1ccccc1Cl. The fourth-order valence-corrected chi connectivity index (χ4v) is 2.35. The van der Waals surface area contributed by atoms with Crippen LogP contribution in [-0.4, -0.2) is 18.5 Å². The van der Waals surface area contributed by atoms with Gasteiger partial charge >= 0.3 is 5.97 Å². The van der Waals surface area contributed by atoms with Crippen LogP contribution in [0.15, 0.2) is 48.5 Å². The summed E-state index contributed by atoms with van der Waals surface area (Å²) in [6.07, 6.45) is 0. The summed E-state index contributed by atoms with van der Waals surface area (Å²) in [7, 11) is 0. The summed E-state index contributed by atoms with van der Waals surface area (Å²) in [4.78, 5) is 23.9. The number of benzene rings is 2. The first kappa shape index (κ1) is 17.0. The Hall–Kier alpha value is -2.33. The number of amides is 1. The van der Waals surface area contributed by atoms with Crippen LogP contribution < -0.4 is 5.32 Å². The number of nitrogens with one attached hydrogen (secondary N) is 1. The summed E-state index contributed by atoms with van der Waals surface area (Å²) in [6.45, 7) is 3.72. The van der Waals surface area contributed by atoms with Crippen LogP contribution in [0.2, 0.25) is 5.02 Å². The number of para-hydroxylation sites is 1. The molecule has 1 N–H and O–H groups in total. The summed E-state index contributed by atoms with van der Waals surface area (Å²) < 4.78 is 5.01. The zero-order chi connectivity index (χ0) is 16.8. The number of halogens is 1. The molecule has 0 aliphatic heterocycles. The smallest absolute Gasteiger partial charge is 0.340 e. The highest BCUT2D eigenvalue weighted by atomic mass is 35.5. The number of carbonyl (C=O) groups excluding carboxylic acids is 2. The average molecular weight is 332 g/mol. The molecule has 0 bridgehead atoms. The summed E-state index contributed by atoms with van der Waals surface area (Å²) in [5.74, 6) is -0.737. The second-order valence-electron chi connectivity index (χ2n) is 5.35. The first-order valence-electron chi connectivity index (χ1n) is 7.29. The standard InChI is InChI=1S/C18H18ClNO3/c1-12(2)13-7-4-6-10-16(13)20-17(21)11-23-18(22)14-8-3-5-9-15(14)19/h3-10,12H,11H2,1-2H3,(H,20,21). The van der Waals surface area contributed by atoms with Crippen LogP contribution in [-0.2, 0) is 9.53 Å². The van der Waals surface area contributed by atoms with Gasteiger partial charge in [0.2, 0.25) is 0 Å². The Bertz CT molecular complexity index is 713. The van der Waals surface area contributed by atoms with Crippen LogP contribution in [0.25, 0.3) is 0 Å². The van der Waals surface area contributed by atoms with Gasteiger partial charge in [0.1, 0.15) is 0 Å². The average Bonchev–Trinajstić information content (AvgIpc) is 2.53. The number of rotatable bonds is 5. The maximum Gasteiger partial charge on any atom is 0.340 e. The van der Waals surface area contributed by atoms with Crippen molar-refractivity contribution in [1.82, 2.24) is 0 Å². The van der Waals surface area contributed by atoms with E-state index in [2.05, 4.69) is 5.32 Å². The topological polar surface area (TPSA) is 55.4 Å². The molecule has 2 aromatic carbocycles. The molecular formula is C18H18ClNO3. The van der Waals surface area contributed by atoms with Gasteiger partial charge in [0.25, 0.3) is 5.91 Å². The molecule has 0 aliphatic carbocycles. The van der Waals surface area contributed by atoms with Gasteiger partial charge in [-0.25, -0.2) is 4.79 Å². The van der Waals surface area contributed by atoms with E-state index in [4.69, 9.17) is 16.3 Å². The molecule has 0 saturated carbocycles. The molecule has 0 saturated heterocycles. The van der Waals surface area contributed by atoms with Gasteiger partial charge in [-0.1, -0.05) is 55.8 Å². The van der Waals surface area contributed by atoms with Gasteiger partial charge in [-0.3, -0.25) is 4.79 Å². The molecule has 23 heavy (non-hydrogen) atoms. The van der Waals surface area contributed by atoms with Gasteiger partial charge in [-0.2, -0.15) is 0 Å². The van der Waals surface area contributed by atoms with E-state index in [0.29, 0.717) is 5.02 Å². The maximum absolute atomic E-state index is 12.0. The Balaban J connectivity index is 1.96. The minimum absolute atomic E-state index is 0.240. The van der Waals surface area contributed by atoms with Crippen LogP contribution in [0.4, 0.5) is 5.69 Å². The molecule has 120 valence electrons. The lowest BCUT2D eigenvalue weighted by atomic mass is 10.0. The molecule has 0 unspecified atom stereocenters. The highest BCUT2D eigenvalue weighted by molar-refractivity contribution is 6.33. The third-order valence-corrected chi connectivity index (χ3v) is 3.61. The zero-order valence-corrected chi connectivity index (χ0v) is 13.8. The molecule has 0 aromatic heterocycles. The number of hydrogen-bond acceptors (Lipinski definition) is 3. The van der Waals surface area contributed by atoms with Gasteiger partial charge < -0.3 is 10.1 Å². The molecule has 2 rings (SSSR count). The van der Waals surface area contributed by atoms with Crippen molar-refractivity contribution < 1.29 is 14.3 Å². The Labute approximate surface area is 140 Å². The van der Waals surface area contributed by atoms with E-state index < -0.39 is 11.9 Å². The van der Waals surface area contributed by atoms with Crippen LogP contribution in [0.5, 0.6) is 0 Å². The summed E-state index contributed by atoms with van der Waals surface area (Å²) in [6, 6.07) is 14.1. The zero-order valence-electron chi connectivity index (χ0n) is 13.0. The molecule has 0 aliphatic rings. The Morgan fingerprint density at radius 3 is 2.43 bits per heavy atom. The Morgan fingerprint density at radius 2 is 1.74 bits per heavy atom. The lowest BCUT2D eigenvalue weighted by Gasteiger charge is -2.13. The quantitative estimate of drug-likeness (QED) is 0.833. The van der Waals surface area contributed by atoms with Crippen molar-refractivity contribution in [2.75, 3.05) is 11.9 Å². The van der Waals surface area contributed by atoms with E-state index in [1.807, 2.05) is 38.1 Å². The van der Waals surface area contributed by atoms with Crippen LogP contribution >= 0.6 is 11.6 Å². The van der Waals surface area contributed by atoms with Crippen LogP contribution in [0, 0.1) is 0 Å². The fourth-order valence-electron chi connectivity index (χ4n) is 2.14. The number of hydrogen-bond donors (Lipinski definition) is 1. The molecule has 0 atom stereocenters. The number of anilines is 1. The minimum atomic E-state index is -0.622. The van der Waals surface area contributed by atoms with Crippen molar-refractivity contribution in [3.63, 3.8) is 0 Å². The Kier molecular flexibility index (Phi) is 5.77. The molecule has 0 heterocycles.